The average Bonchev–Trinajstić information content (AvgIpc) is 3.15. The highest BCUT2D eigenvalue weighted by molar-refractivity contribution is 8.04. The Morgan fingerprint density at radius 3 is 2.38 bits per heavy atom. The number of benzene rings is 2. The molecule has 2 N–H and O–H groups in total. The second kappa shape index (κ2) is 10.6. The summed E-state index contributed by atoms with van der Waals surface area (Å²) in [6, 6.07) is 11.1. The number of ketones is 1. The molecule has 1 atom stereocenters. The first-order chi connectivity index (χ1) is 15.4. The number of allylic oxidation sites excluding steroid dienone is 1. The first kappa shape index (κ1) is 23.7. The van der Waals surface area contributed by atoms with Crippen molar-refractivity contribution in [3.8, 4) is 17.2 Å². The third-order valence-corrected chi connectivity index (χ3v) is 6.17. The van der Waals surface area contributed by atoms with E-state index in [2.05, 4.69) is 0 Å². The number of thioether (sulfide) groups is 1. The molecule has 0 aliphatic rings. The van der Waals surface area contributed by atoms with E-state index in [1.54, 1.807) is 12.1 Å². The molecule has 1 heterocycles. The van der Waals surface area contributed by atoms with Gasteiger partial charge < -0.3 is 29.0 Å². The zero-order valence-corrected chi connectivity index (χ0v) is 19.3. The molecule has 0 radical (unpaired) electrons. The van der Waals surface area contributed by atoms with Gasteiger partial charge in [0.05, 0.1) is 38.9 Å². The number of aryl methyl sites for hydroxylation is 1. The van der Waals surface area contributed by atoms with Gasteiger partial charge in [-0.2, -0.15) is 0 Å². The van der Waals surface area contributed by atoms with E-state index < -0.39 is 6.10 Å². The summed E-state index contributed by atoms with van der Waals surface area (Å²) in [6.07, 6.45) is 2.82. The highest BCUT2D eigenvalue weighted by Gasteiger charge is 2.21. The van der Waals surface area contributed by atoms with Crippen molar-refractivity contribution in [2.45, 2.75) is 6.10 Å². The molecule has 2 aromatic carbocycles. The fourth-order valence-electron chi connectivity index (χ4n) is 3.40. The van der Waals surface area contributed by atoms with E-state index in [0.717, 1.165) is 16.5 Å². The largest absolute Gasteiger partial charge is 0.493 e. The summed E-state index contributed by atoms with van der Waals surface area (Å²) in [6.45, 7) is -0.382. The van der Waals surface area contributed by atoms with Crippen molar-refractivity contribution in [2.75, 3.05) is 33.7 Å². The topological polar surface area (TPSA) is 90.2 Å². The first-order valence-corrected chi connectivity index (χ1v) is 10.9. The predicted octanol–water partition coefficient (Wildman–Crippen LogP) is 3.51. The summed E-state index contributed by atoms with van der Waals surface area (Å²) in [5.41, 5.74) is 2.28. The van der Waals surface area contributed by atoms with Crippen LogP contribution in [0.25, 0.3) is 17.0 Å². The van der Waals surface area contributed by atoms with Crippen molar-refractivity contribution in [3.63, 3.8) is 0 Å². The normalized spacial score (nSPS) is 12.6. The Balaban J connectivity index is 2.09. The van der Waals surface area contributed by atoms with Gasteiger partial charge in [-0.25, -0.2) is 0 Å². The lowest BCUT2D eigenvalue weighted by Crippen LogP contribution is -2.16. The number of para-hydroxylation sites is 1. The molecule has 0 amide bonds. The van der Waals surface area contributed by atoms with Gasteiger partial charge in [0.25, 0.3) is 0 Å². The summed E-state index contributed by atoms with van der Waals surface area (Å²) in [5.74, 6) is 1.06. The highest BCUT2D eigenvalue weighted by atomic mass is 32.2. The average molecular weight is 458 g/mol. The summed E-state index contributed by atoms with van der Waals surface area (Å²) < 4.78 is 18.1. The van der Waals surface area contributed by atoms with Gasteiger partial charge in [0, 0.05) is 41.0 Å². The number of aromatic nitrogens is 1. The second-order valence-corrected chi connectivity index (χ2v) is 8.17. The standard InChI is InChI=1S/C24H27NO6S/c1-25-12-16(18-7-5-6-8-19(18)25)11-22(32-14-17(27)13-26)23(28)15-9-20(29-2)24(31-4)21(10-15)30-3/h5-12,17,26-27H,13-14H2,1-4H3/b22-11-. The van der Waals surface area contributed by atoms with Crippen LogP contribution in [0.3, 0.4) is 0 Å². The lowest BCUT2D eigenvalue weighted by molar-refractivity contribution is 0.104. The number of Topliss-reactive ketones (excluding diaryl/α,β-unsaturated/α-hetero) is 1. The van der Waals surface area contributed by atoms with E-state index in [1.165, 1.54) is 33.1 Å². The van der Waals surface area contributed by atoms with Crippen LogP contribution in [-0.4, -0.2) is 60.4 Å². The molecule has 0 aliphatic heterocycles. The zero-order chi connectivity index (χ0) is 23.3. The summed E-state index contributed by atoms with van der Waals surface area (Å²) in [5, 5.41) is 20.1. The minimum atomic E-state index is -0.941. The van der Waals surface area contributed by atoms with Crippen LogP contribution in [0.2, 0.25) is 0 Å². The number of aliphatic hydroxyl groups excluding tert-OH is 2. The molecule has 170 valence electrons. The molecular formula is C24H27NO6S. The molecular weight excluding hydrogens is 430 g/mol. The van der Waals surface area contributed by atoms with E-state index in [0.29, 0.717) is 27.7 Å². The molecule has 1 aromatic heterocycles. The quantitative estimate of drug-likeness (QED) is 0.356. The van der Waals surface area contributed by atoms with Crippen molar-refractivity contribution >= 4 is 34.5 Å². The molecule has 0 spiro atoms. The van der Waals surface area contributed by atoms with Crippen LogP contribution in [0.4, 0.5) is 0 Å². The Labute approximate surface area is 191 Å². The van der Waals surface area contributed by atoms with Gasteiger partial charge in [-0.3, -0.25) is 4.79 Å². The van der Waals surface area contributed by atoms with Gasteiger partial charge >= 0.3 is 0 Å². The monoisotopic (exact) mass is 457 g/mol. The number of hydrogen-bond donors (Lipinski definition) is 2. The van der Waals surface area contributed by atoms with Crippen molar-refractivity contribution in [1.82, 2.24) is 4.57 Å². The molecule has 0 aliphatic carbocycles. The number of ether oxygens (including phenoxy) is 3. The minimum absolute atomic E-state index is 0.170. The Morgan fingerprint density at radius 2 is 1.78 bits per heavy atom. The molecule has 3 aromatic rings. The summed E-state index contributed by atoms with van der Waals surface area (Å²) in [4.78, 5) is 14.0. The zero-order valence-electron chi connectivity index (χ0n) is 18.5. The lowest BCUT2D eigenvalue weighted by atomic mass is 10.1. The maximum absolute atomic E-state index is 13.5. The van der Waals surface area contributed by atoms with Gasteiger partial charge in [-0.1, -0.05) is 18.2 Å². The third-order valence-electron chi connectivity index (χ3n) is 5.01. The predicted molar refractivity (Wildman–Crippen MR) is 127 cm³/mol. The van der Waals surface area contributed by atoms with Gasteiger partial charge in [0.2, 0.25) is 5.75 Å². The fourth-order valence-corrected chi connectivity index (χ4v) is 4.33. The Bertz CT molecular complexity index is 1110. The van der Waals surface area contributed by atoms with Crippen molar-refractivity contribution in [1.29, 1.82) is 0 Å². The molecule has 0 saturated carbocycles. The summed E-state index contributed by atoms with van der Waals surface area (Å²) >= 11 is 1.19. The fraction of sp³-hybridized carbons (Fsp3) is 0.292. The number of nitrogens with zero attached hydrogens (tertiary/aromatic N) is 1. The van der Waals surface area contributed by atoms with Crippen LogP contribution in [0.1, 0.15) is 15.9 Å². The lowest BCUT2D eigenvalue weighted by Gasteiger charge is -2.15. The molecule has 0 saturated heterocycles. The minimum Gasteiger partial charge on any atom is -0.493 e. The molecule has 7 nitrogen and oxygen atoms in total. The van der Waals surface area contributed by atoms with Crippen LogP contribution >= 0.6 is 11.8 Å². The van der Waals surface area contributed by atoms with Gasteiger partial charge in [0.15, 0.2) is 17.3 Å². The number of rotatable bonds is 10. The molecule has 0 fully saturated rings. The number of methoxy groups -OCH3 is 3. The van der Waals surface area contributed by atoms with Crippen LogP contribution in [0.15, 0.2) is 47.5 Å². The number of aliphatic hydroxyl groups is 2. The number of fused-ring (bicyclic) bond motifs is 1. The molecule has 0 bridgehead atoms. The van der Waals surface area contributed by atoms with Gasteiger partial charge in [-0.15, -0.1) is 11.8 Å². The van der Waals surface area contributed by atoms with Crippen molar-refractivity contribution < 1.29 is 29.2 Å². The van der Waals surface area contributed by atoms with Gasteiger partial charge in [-0.05, 0) is 24.3 Å². The number of carbonyl (C=O) groups is 1. The van der Waals surface area contributed by atoms with E-state index >= 15 is 0 Å². The van der Waals surface area contributed by atoms with Crippen molar-refractivity contribution in [2.24, 2.45) is 7.05 Å². The second-order valence-electron chi connectivity index (χ2n) is 7.11. The summed E-state index contributed by atoms with van der Waals surface area (Å²) in [7, 11) is 6.43. The van der Waals surface area contributed by atoms with Gasteiger partial charge in [0.1, 0.15) is 0 Å². The van der Waals surface area contributed by atoms with E-state index in [1.807, 2.05) is 48.2 Å². The first-order valence-electron chi connectivity index (χ1n) is 9.95. The maximum Gasteiger partial charge on any atom is 0.203 e. The molecule has 32 heavy (non-hydrogen) atoms. The number of carbonyl (C=O) groups excluding carboxylic acids is 1. The highest BCUT2D eigenvalue weighted by Crippen LogP contribution is 2.39. The Morgan fingerprint density at radius 1 is 1.12 bits per heavy atom. The smallest absolute Gasteiger partial charge is 0.203 e. The van der Waals surface area contributed by atoms with E-state index in [4.69, 9.17) is 14.2 Å². The SMILES string of the molecule is COc1cc(C(=O)/C(=C/c2cn(C)c3ccccc23)SCC(O)CO)cc(OC)c1OC. The van der Waals surface area contributed by atoms with E-state index in [-0.39, 0.29) is 18.1 Å². The third kappa shape index (κ3) is 4.93. The van der Waals surface area contributed by atoms with Crippen LogP contribution in [-0.2, 0) is 7.05 Å². The van der Waals surface area contributed by atoms with Crippen molar-refractivity contribution in [3.05, 3.63) is 58.6 Å². The molecule has 3 rings (SSSR count). The maximum atomic E-state index is 13.5. The Kier molecular flexibility index (Phi) is 7.84. The van der Waals surface area contributed by atoms with Crippen LogP contribution < -0.4 is 14.2 Å². The number of hydrogen-bond acceptors (Lipinski definition) is 7. The van der Waals surface area contributed by atoms with Crippen LogP contribution in [0, 0.1) is 0 Å². The molecule has 8 heteroatoms. The van der Waals surface area contributed by atoms with E-state index in [9.17, 15) is 15.0 Å². The molecule has 1 unspecified atom stereocenters. The Hall–Kier alpha value is -2.94. The van der Waals surface area contributed by atoms with Crippen LogP contribution in [0.5, 0.6) is 17.2 Å².